The number of para-hydroxylation sites is 1. The molecule has 1 atom stereocenters. The van der Waals surface area contributed by atoms with Gasteiger partial charge in [-0.25, -0.2) is 4.39 Å². The van der Waals surface area contributed by atoms with Crippen molar-refractivity contribution in [3.8, 4) is 5.75 Å². The Balaban J connectivity index is 2.12. The first-order valence-electron chi connectivity index (χ1n) is 8.97. The van der Waals surface area contributed by atoms with Crippen molar-refractivity contribution in [1.29, 1.82) is 0 Å². The fourth-order valence-electron chi connectivity index (χ4n) is 2.68. The number of ether oxygens (including phenoxy) is 1. The molecule has 2 amide bonds. The van der Waals surface area contributed by atoms with E-state index in [1.165, 1.54) is 17.0 Å². The topological polar surface area (TPSA) is 58.6 Å². The number of hydrogen-bond acceptors (Lipinski definition) is 3. The van der Waals surface area contributed by atoms with Crippen LogP contribution >= 0.6 is 11.6 Å². The number of likely N-dealkylation sites (N-methyl/N-ethyl adjacent to an activating group) is 1. The molecule has 0 heterocycles. The third-order valence-electron chi connectivity index (χ3n) is 4.29. The van der Waals surface area contributed by atoms with E-state index in [2.05, 4.69) is 5.32 Å². The number of benzene rings is 2. The third kappa shape index (κ3) is 5.70. The van der Waals surface area contributed by atoms with Gasteiger partial charge in [-0.05, 0) is 24.6 Å². The minimum absolute atomic E-state index is 0.0980. The summed E-state index contributed by atoms with van der Waals surface area (Å²) in [6.45, 7) is 1.82. The van der Waals surface area contributed by atoms with Crippen LogP contribution in [0.4, 0.5) is 4.39 Å². The van der Waals surface area contributed by atoms with Gasteiger partial charge in [-0.3, -0.25) is 9.59 Å². The SMILES string of the molecule is CCC(NC(=O)Cc1c(F)cccc1Cl)c1ccccc1OCC(=O)N(C)C. The highest BCUT2D eigenvalue weighted by Crippen LogP contribution is 2.28. The second kappa shape index (κ2) is 10.1. The van der Waals surface area contributed by atoms with Gasteiger partial charge in [0.15, 0.2) is 6.61 Å². The third-order valence-corrected chi connectivity index (χ3v) is 4.64. The lowest BCUT2D eigenvalue weighted by Crippen LogP contribution is -2.31. The van der Waals surface area contributed by atoms with Gasteiger partial charge in [-0.1, -0.05) is 42.8 Å². The van der Waals surface area contributed by atoms with Crippen LogP contribution in [-0.4, -0.2) is 37.4 Å². The van der Waals surface area contributed by atoms with Crippen LogP contribution < -0.4 is 10.1 Å². The average molecular weight is 407 g/mol. The molecule has 0 bridgehead atoms. The summed E-state index contributed by atoms with van der Waals surface area (Å²) in [6.07, 6.45) is 0.433. The Labute approximate surface area is 169 Å². The Bertz CT molecular complexity index is 822. The van der Waals surface area contributed by atoms with E-state index in [9.17, 15) is 14.0 Å². The van der Waals surface area contributed by atoms with Gasteiger partial charge in [0.2, 0.25) is 5.91 Å². The molecule has 2 aromatic carbocycles. The number of hydrogen-bond donors (Lipinski definition) is 1. The first-order chi connectivity index (χ1) is 13.3. The molecule has 0 aliphatic heterocycles. The van der Waals surface area contributed by atoms with Crippen LogP contribution in [0.25, 0.3) is 0 Å². The standard InChI is InChI=1S/C21H24ClFN2O3/c1-4-18(24-20(26)12-15-16(22)9-7-10-17(15)23)14-8-5-6-11-19(14)28-13-21(27)25(2)3/h5-11,18H,4,12-13H2,1-3H3,(H,24,26). The molecule has 1 N–H and O–H groups in total. The number of carbonyl (C=O) groups is 2. The van der Waals surface area contributed by atoms with Gasteiger partial charge in [0, 0.05) is 30.2 Å². The summed E-state index contributed by atoms with van der Waals surface area (Å²) in [5, 5.41) is 3.11. The minimum atomic E-state index is -0.512. The van der Waals surface area contributed by atoms with E-state index in [-0.39, 0.29) is 41.5 Å². The molecule has 0 fully saturated rings. The lowest BCUT2D eigenvalue weighted by molar-refractivity contribution is -0.130. The summed E-state index contributed by atoms with van der Waals surface area (Å²) in [4.78, 5) is 25.7. The summed E-state index contributed by atoms with van der Waals surface area (Å²) >= 11 is 6.01. The zero-order valence-electron chi connectivity index (χ0n) is 16.2. The van der Waals surface area contributed by atoms with Crippen molar-refractivity contribution >= 4 is 23.4 Å². The lowest BCUT2D eigenvalue weighted by Gasteiger charge is -2.21. The second-order valence-electron chi connectivity index (χ2n) is 6.52. The van der Waals surface area contributed by atoms with Crippen LogP contribution in [0.1, 0.15) is 30.5 Å². The van der Waals surface area contributed by atoms with Gasteiger partial charge in [-0.15, -0.1) is 0 Å². The maximum atomic E-state index is 13.9. The highest BCUT2D eigenvalue weighted by atomic mass is 35.5. The molecule has 0 saturated carbocycles. The zero-order chi connectivity index (χ0) is 20.7. The molecule has 0 saturated heterocycles. The maximum Gasteiger partial charge on any atom is 0.259 e. The van der Waals surface area contributed by atoms with E-state index in [1.54, 1.807) is 32.3 Å². The van der Waals surface area contributed by atoms with E-state index in [0.29, 0.717) is 12.2 Å². The average Bonchev–Trinajstić information content (AvgIpc) is 2.67. The Kier molecular flexibility index (Phi) is 7.81. The van der Waals surface area contributed by atoms with E-state index < -0.39 is 5.82 Å². The molecule has 0 aliphatic rings. The van der Waals surface area contributed by atoms with Gasteiger partial charge < -0.3 is 15.0 Å². The van der Waals surface area contributed by atoms with Crippen molar-refractivity contribution < 1.29 is 18.7 Å². The molecule has 2 rings (SSSR count). The van der Waals surface area contributed by atoms with E-state index >= 15 is 0 Å². The maximum absolute atomic E-state index is 13.9. The number of carbonyl (C=O) groups excluding carboxylic acids is 2. The van der Waals surface area contributed by atoms with Crippen molar-refractivity contribution in [2.75, 3.05) is 20.7 Å². The molecule has 5 nitrogen and oxygen atoms in total. The van der Waals surface area contributed by atoms with Crippen LogP contribution in [-0.2, 0) is 16.0 Å². The van der Waals surface area contributed by atoms with Crippen molar-refractivity contribution in [3.63, 3.8) is 0 Å². The smallest absolute Gasteiger partial charge is 0.259 e. The number of nitrogens with one attached hydrogen (secondary N) is 1. The monoisotopic (exact) mass is 406 g/mol. The van der Waals surface area contributed by atoms with Gasteiger partial charge in [-0.2, -0.15) is 0 Å². The Hall–Kier alpha value is -2.60. The van der Waals surface area contributed by atoms with Crippen LogP contribution in [0.2, 0.25) is 5.02 Å². The molecule has 0 radical (unpaired) electrons. The van der Waals surface area contributed by atoms with Crippen molar-refractivity contribution in [3.05, 3.63) is 64.4 Å². The fourth-order valence-corrected chi connectivity index (χ4v) is 2.91. The van der Waals surface area contributed by atoms with Gasteiger partial charge >= 0.3 is 0 Å². The summed E-state index contributed by atoms with van der Waals surface area (Å²) < 4.78 is 19.6. The van der Waals surface area contributed by atoms with Crippen molar-refractivity contribution in [1.82, 2.24) is 10.2 Å². The van der Waals surface area contributed by atoms with Crippen molar-refractivity contribution in [2.24, 2.45) is 0 Å². The Morgan fingerprint density at radius 1 is 1.18 bits per heavy atom. The second-order valence-corrected chi connectivity index (χ2v) is 6.93. The van der Waals surface area contributed by atoms with Gasteiger partial charge in [0.25, 0.3) is 5.91 Å². The molecule has 0 aliphatic carbocycles. The summed E-state index contributed by atoms with van der Waals surface area (Å²) in [5.74, 6) is -0.505. The van der Waals surface area contributed by atoms with Gasteiger partial charge in [0.1, 0.15) is 11.6 Å². The fraction of sp³-hybridized carbons (Fsp3) is 0.333. The normalized spacial score (nSPS) is 11.6. The molecule has 2 aromatic rings. The van der Waals surface area contributed by atoms with Gasteiger partial charge in [0.05, 0.1) is 12.5 Å². The predicted molar refractivity (Wildman–Crippen MR) is 107 cm³/mol. The highest BCUT2D eigenvalue weighted by Gasteiger charge is 2.19. The van der Waals surface area contributed by atoms with E-state index in [4.69, 9.17) is 16.3 Å². The molecule has 150 valence electrons. The van der Waals surface area contributed by atoms with E-state index in [1.807, 2.05) is 19.1 Å². The molecule has 7 heteroatoms. The molecule has 1 unspecified atom stereocenters. The highest BCUT2D eigenvalue weighted by molar-refractivity contribution is 6.31. The molecular weight excluding hydrogens is 383 g/mol. The molecule has 28 heavy (non-hydrogen) atoms. The lowest BCUT2D eigenvalue weighted by atomic mass is 10.0. The quantitative estimate of drug-likeness (QED) is 0.726. The van der Waals surface area contributed by atoms with Crippen LogP contribution in [0.5, 0.6) is 5.75 Å². The first-order valence-corrected chi connectivity index (χ1v) is 9.35. The minimum Gasteiger partial charge on any atom is -0.483 e. The molecular formula is C21H24ClFN2O3. The molecule has 0 spiro atoms. The largest absolute Gasteiger partial charge is 0.483 e. The van der Waals surface area contributed by atoms with Crippen LogP contribution in [0.15, 0.2) is 42.5 Å². The van der Waals surface area contributed by atoms with Crippen molar-refractivity contribution in [2.45, 2.75) is 25.8 Å². The predicted octanol–water partition coefficient (Wildman–Crippen LogP) is 3.76. The Morgan fingerprint density at radius 3 is 2.54 bits per heavy atom. The molecule has 0 aromatic heterocycles. The number of amides is 2. The Morgan fingerprint density at radius 2 is 1.89 bits per heavy atom. The first kappa shape index (κ1) is 21.7. The zero-order valence-corrected chi connectivity index (χ0v) is 16.9. The summed E-state index contributed by atoms with van der Waals surface area (Å²) in [7, 11) is 3.31. The van der Waals surface area contributed by atoms with Crippen LogP contribution in [0.3, 0.4) is 0 Å². The summed E-state index contributed by atoms with van der Waals surface area (Å²) in [5.41, 5.74) is 0.919. The summed E-state index contributed by atoms with van der Waals surface area (Å²) in [6, 6.07) is 11.2. The number of halogens is 2. The van der Waals surface area contributed by atoms with E-state index in [0.717, 1.165) is 5.56 Å². The number of rotatable bonds is 8. The number of nitrogens with zero attached hydrogens (tertiary/aromatic N) is 1. The van der Waals surface area contributed by atoms with Crippen LogP contribution in [0, 0.1) is 5.82 Å².